The van der Waals surface area contributed by atoms with Gasteiger partial charge in [0.25, 0.3) is 0 Å². The third kappa shape index (κ3) is 3.62. The van der Waals surface area contributed by atoms with Crippen LogP contribution in [0.1, 0.15) is 5.56 Å². The van der Waals surface area contributed by atoms with Crippen LogP contribution in [0, 0.1) is 0 Å². The minimum absolute atomic E-state index is 0.491. The molecule has 1 saturated heterocycles. The van der Waals surface area contributed by atoms with E-state index < -0.39 is 0 Å². The maximum atomic E-state index is 5.35. The monoisotopic (exact) mass is 301 g/mol. The van der Waals surface area contributed by atoms with Crippen molar-refractivity contribution < 1.29 is 9.47 Å². The van der Waals surface area contributed by atoms with Gasteiger partial charge in [0.05, 0.1) is 32.7 Å². The van der Waals surface area contributed by atoms with Gasteiger partial charge in [-0.2, -0.15) is 4.98 Å². The molecule has 0 aliphatic carbocycles. The number of morpholine rings is 1. The van der Waals surface area contributed by atoms with Crippen LogP contribution >= 0.6 is 0 Å². The van der Waals surface area contributed by atoms with Crippen LogP contribution in [0.15, 0.2) is 30.7 Å². The van der Waals surface area contributed by atoms with E-state index in [0.29, 0.717) is 18.2 Å². The van der Waals surface area contributed by atoms with Crippen molar-refractivity contribution in [3.8, 4) is 5.88 Å². The summed E-state index contributed by atoms with van der Waals surface area (Å²) in [6, 6.07) is 4.11. The molecule has 3 rings (SSSR count). The summed E-state index contributed by atoms with van der Waals surface area (Å²) in [6.45, 7) is 3.95. The molecule has 1 N–H and O–H groups in total. The second-order valence-corrected chi connectivity index (χ2v) is 4.92. The molecule has 2 aromatic heterocycles. The molecule has 0 amide bonds. The Morgan fingerprint density at radius 2 is 2.09 bits per heavy atom. The molecular weight excluding hydrogens is 282 g/mol. The Morgan fingerprint density at radius 3 is 2.82 bits per heavy atom. The first-order valence-corrected chi connectivity index (χ1v) is 7.23. The van der Waals surface area contributed by atoms with E-state index in [1.807, 2.05) is 12.3 Å². The standard InChI is InChI=1S/C15H19N5O2/c1-21-15-11-16-10-13(19-15)17-8-12-2-3-14(18-9-12)20-4-6-22-7-5-20/h2-3,9-11H,4-8H2,1H3,(H,17,19). The zero-order valence-corrected chi connectivity index (χ0v) is 12.5. The highest BCUT2D eigenvalue weighted by atomic mass is 16.5. The van der Waals surface area contributed by atoms with Gasteiger partial charge in [0.15, 0.2) is 0 Å². The Balaban J connectivity index is 1.58. The number of hydrogen-bond donors (Lipinski definition) is 1. The van der Waals surface area contributed by atoms with Crippen LogP contribution in [0.2, 0.25) is 0 Å². The number of methoxy groups -OCH3 is 1. The molecule has 0 unspecified atom stereocenters. The maximum Gasteiger partial charge on any atom is 0.233 e. The highest BCUT2D eigenvalue weighted by molar-refractivity contribution is 5.41. The minimum atomic E-state index is 0.491. The number of rotatable bonds is 5. The number of aromatic nitrogens is 3. The van der Waals surface area contributed by atoms with Crippen LogP contribution in [-0.2, 0) is 11.3 Å². The normalized spacial score (nSPS) is 14.7. The first-order valence-electron chi connectivity index (χ1n) is 7.23. The molecule has 116 valence electrons. The van der Waals surface area contributed by atoms with Gasteiger partial charge in [-0.3, -0.25) is 4.98 Å². The van der Waals surface area contributed by atoms with E-state index in [-0.39, 0.29) is 0 Å². The number of nitrogens with zero attached hydrogens (tertiary/aromatic N) is 4. The largest absolute Gasteiger partial charge is 0.480 e. The molecule has 7 nitrogen and oxygen atoms in total. The molecule has 7 heteroatoms. The van der Waals surface area contributed by atoms with E-state index in [1.54, 1.807) is 19.5 Å². The first kappa shape index (κ1) is 14.5. The fraction of sp³-hybridized carbons (Fsp3) is 0.400. The van der Waals surface area contributed by atoms with E-state index in [4.69, 9.17) is 9.47 Å². The topological polar surface area (TPSA) is 72.4 Å². The third-order valence-electron chi connectivity index (χ3n) is 3.44. The van der Waals surface area contributed by atoms with E-state index in [1.165, 1.54) is 0 Å². The number of nitrogens with one attached hydrogen (secondary N) is 1. The van der Waals surface area contributed by atoms with Gasteiger partial charge in [0.2, 0.25) is 5.88 Å². The SMILES string of the molecule is COc1cncc(NCc2ccc(N3CCOCC3)nc2)n1. The first-order chi connectivity index (χ1) is 10.8. The van der Waals surface area contributed by atoms with Crippen LogP contribution in [0.3, 0.4) is 0 Å². The van der Waals surface area contributed by atoms with E-state index >= 15 is 0 Å². The van der Waals surface area contributed by atoms with Crippen molar-refractivity contribution >= 4 is 11.6 Å². The zero-order valence-electron chi connectivity index (χ0n) is 12.5. The van der Waals surface area contributed by atoms with Gasteiger partial charge in [-0.15, -0.1) is 0 Å². The average Bonchev–Trinajstić information content (AvgIpc) is 2.61. The highest BCUT2D eigenvalue weighted by Crippen LogP contribution is 2.14. The molecular formula is C15H19N5O2. The predicted octanol–water partition coefficient (Wildman–Crippen LogP) is 1.33. The van der Waals surface area contributed by atoms with Crippen molar-refractivity contribution in [3.63, 3.8) is 0 Å². The summed E-state index contributed by atoms with van der Waals surface area (Å²) in [7, 11) is 1.57. The van der Waals surface area contributed by atoms with Crippen LogP contribution in [-0.4, -0.2) is 48.4 Å². The van der Waals surface area contributed by atoms with Crippen molar-refractivity contribution in [1.82, 2.24) is 15.0 Å². The Morgan fingerprint density at radius 1 is 1.23 bits per heavy atom. The van der Waals surface area contributed by atoms with Gasteiger partial charge in [0.1, 0.15) is 11.6 Å². The molecule has 2 aromatic rings. The number of ether oxygens (including phenoxy) is 2. The van der Waals surface area contributed by atoms with E-state index in [0.717, 1.165) is 37.7 Å². The Labute approximate surface area is 129 Å². The zero-order chi connectivity index (χ0) is 15.2. The summed E-state index contributed by atoms with van der Waals surface area (Å²) in [5.41, 5.74) is 1.08. The molecule has 0 aromatic carbocycles. The number of hydrogen-bond acceptors (Lipinski definition) is 7. The van der Waals surface area contributed by atoms with Gasteiger partial charge in [0, 0.05) is 25.8 Å². The van der Waals surface area contributed by atoms with Crippen molar-refractivity contribution in [2.75, 3.05) is 43.6 Å². The molecule has 0 atom stereocenters. The number of pyridine rings is 1. The summed E-state index contributed by atoms with van der Waals surface area (Å²) in [6.07, 6.45) is 5.12. The predicted molar refractivity (Wildman–Crippen MR) is 83.2 cm³/mol. The maximum absolute atomic E-state index is 5.35. The van der Waals surface area contributed by atoms with Crippen LogP contribution in [0.4, 0.5) is 11.6 Å². The van der Waals surface area contributed by atoms with Crippen molar-refractivity contribution in [1.29, 1.82) is 0 Å². The summed E-state index contributed by atoms with van der Waals surface area (Å²) in [4.78, 5) is 15.1. The second-order valence-electron chi connectivity index (χ2n) is 4.92. The fourth-order valence-electron chi connectivity index (χ4n) is 2.22. The molecule has 1 aliphatic heterocycles. The highest BCUT2D eigenvalue weighted by Gasteiger charge is 2.11. The van der Waals surface area contributed by atoms with Crippen molar-refractivity contribution in [2.24, 2.45) is 0 Å². The molecule has 1 aliphatic rings. The molecule has 3 heterocycles. The van der Waals surface area contributed by atoms with Crippen molar-refractivity contribution in [3.05, 3.63) is 36.3 Å². The van der Waals surface area contributed by atoms with Crippen LogP contribution < -0.4 is 15.0 Å². The smallest absolute Gasteiger partial charge is 0.233 e. The Hall–Kier alpha value is -2.41. The van der Waals surface area contributed by atoms with Crippen LogP contribution in [0.25, 0.3) is 0 Å². The summed E-state index contributed by atoms with van der Waals surface area (Å²) in [5.74, 6) is 2.16. The lowest BCUT2D eigenvalue weighted by molar-refractivity contribution is 0.122. The average molecular weight is 301 g/mol. The molecule has 1 fully saturated rings. The molecule has 22 heavy (non-hydrogen) atoms. The molecule has 0 spiro atoms. The van der Waals surface area contributed by atoms with Gasteiger partial charge in [-0.1, -0.05) is 6.07 Å². The molecule has 0 bridgehead atoms. The van der Waals surface area contributed by atoms with Gasteiger partial charge in [-0.25, -0.2) is 4.98 Å². The quantitative estimate of drug-likeness (QED) is 0.893. The fourth-order valence-corrected chi connectivity index (χ4v) is 2.22. The summed E-state index contributed by atoms with van der Waals surface area (Å²) >= 11 is 0. The van der Waals surface area contributed by atoms with Gasteiger partial charge < -0.3 is 19.7 Å². The lowest BCUT2D eigenvalue weighted by atomic mass is 10.2. The molecule has 0 radical (unpaired) electrons. The third-order valence-corrected chi connectivity index (χ3v) is 3.44. The van der Waals surface area contributed by atoms with Gasteiger partial charge >= 0.3 is 0 Å². The van der Waals surface area contributed by atoms with E-state index in [2.05, 4.69) is 31.2 Å². The van der Waals surface area contributed by atoms with Crippen molar-refractivity contribution in [2.45, 2.75) is 6.54 Å². The van der Waals surface area contributed by atoms with E-state index in [9.17, 15) is 0 Å². The number of anilines is 2. The lowest BCUT2D eigenvalue weighted by Crippen LogP contribution is -2.36. The lowest BCUT2D eigenvalue weighted by Gasteiger charge is -2.27. The molecule has 0 saturated carbocycles. The van der Waals surface area contributed by atoms with Crippen LogP contribution in [0.5, 0.6) is 5.88 Å². The Kier molecular flexibility index (Phi) is 4.65. The minimum Gasteiger partial charge on any atom is -0.480 e. The second kappa shape index (κ2) is 7.04. The summed E-state index contributed by atoms with van der Waals surface area (Å²) < 4.78 is 10.4. The Bertz CT molecular complexity index is 599. The summed E-state index contributed by atoms with van der Waals surface area (Å²) in [5, 5.41) is 3.21. The van der Waals surface area contributed by atoms with Gasteiger partial charge in [-0.05, 0) is 11.6 Å².